The van der Waals surface area contributed by atoms with Gasteiger partial charge in [0.2, 0.25) is 10.0 Å². The summed E-state index contributed by atoms with van der Waals surface area (Å²) in [6, 6.07) is 7.81. The molecule has 0 saturated carbocycles. The van der Waals surface area contributed by atoms with Crippen LogP contribution in [0.2, 0.25) is 0 Å². The van der Waals surface area contributed by atoms with Crippen LogP contribution in [0.15, 0.2) is 24.3 Å². The predicted molar refractivity (Wildman–Crippen MR) is 79.6 cm³/mol. The molecular formula is C13H19ClN2O2S. The summed E-state index contributed by atoms with van der Waals surface area (Å²) < 4.78 is 26.9. The lowest BCUT2D eigenvalue weighted by Gasteiger charge is -2.29. The molecule has 2 aliphatic heterocycles. The Hall–Kier alpha value is -0.780. The van der Waals surface area contributed by atoms with E-state index in [0.29, 0.717) is 13.1 Å². The summed E-state index contributed by atoms with van der Waals surface area (Å²) in [5.74, 6) is 0. The summed E-state index contributed by atoms with van der Waals surface area (Å²) in [6.45, 7) is 2.11. The molecule has 2 aliphatic rings. The number of nitrogens with zero attached hydrogens (tertiary/aromatic N) is 1. The van der Waals surface area contributed by atoms with Crippen molar-refractivity contribution in [3.05, 3.63) is 29.8 Å². The van der Waals surface area contributed by atoms with Gasteiger partial charge in [-0.05, 0) is 37.4 Å². The van der Waals surface area contributed by atoms with Gasteiger partial charge in [0.1, 0.15) is 0 Å². The first kappa shape index (κ1) is 14.6. The number of hydrogen-bond donors (Lipinski definition) is 1. The first-order valence-corrected chi connectivity index (χ1v) is 8.00. The van der Waals surface area contributed by atoms with E-state index in [-0.39, 0.29) is 17.7 Å². The molecule has 0 radical (unpaired) electrons. The van der Waals surface area contributed by atoms with Crippen molar-refractivity contribution in [3.8, 4) is 0 Å². The van der Waals surface area contributed by atoms with Gasteiger partial charge >= 0.3 is 0 Å². The van der Waals surface area contributed by atoms with Crippen LogP contribution in [0.1, 0.15) is 18.4 Å². The number of piperidine rings is 1. The number of para-hydroxylation sites is 1. The molecule has 0 spiro atoms. The minimum atomic E-state index is -3.20. The summed E-state index contributed by atoms with van der Waals surface area (Å²) >= 11 is 0. The summed E-state index contributed by atoms with van der Waals surface area (Å²) in [4.78, 5) is 0. The van der Waals surface area contributed by atoms with E-state index in [9.17, 15) is 8.42 Å². The number of halogens is 1. The van der Waals surface area contributed by atoms with Gasteiger partial charge in [0.25, 0.3) is 0 Å². The van der Waals surface area contributed by atoms with E-state index < -0.39 is 10.0 Å². The molecule has 1 aromatic carbocycles. The van der Waals surface area contributed by atoms with Gasteiger partial charge in [-0.15, -0.1) is 12.4 Å². The fourth-order valence-electron chi connectivity index (χ4n) is 2.83. The highest BCUT2D eigenvalue weighted by Crippen LogP contribution is 2.32. The number of hydrogen-bond acceptors (Lipinski definition) is 3. The Morgan fingerprint density at radius 1 is 1.26 bits per heavy atom. The second-order valence-electron chi connectivity index (χ2n) is 4.96. The highest BCUT2D eigenvalue weighted by atomic mass is 35.5. The van der Waals surface area contributed by atoms with Gasteiger partial charge in [0, 0.05) is 13.1 Å². The van der Waals surface area contributed by atoms with E-state index in [1.54, 1.807) is 4.31 Å². The predicted octanol–water partition coefficient (Wildman–Crippen LogP) is 1.55. The number of rotatable bonds is 2. The molecule has 0 aromatic heterocycles. The van der Waals surface area contributed by atoms with Crippen LogP contribution in [0.5, 0.6) is 0 Å². The molecule has 19 heavy (non-hydrogen) atoms. The highest BCUT2D eigenvalue weighted by Gasteiger charge is 2.36. The number of benzene rings is 1. The zero-order chi connectivity index (χ0) is 12.6. The Kier molecular flexibility index (Phi) is 4.38. The largest absolute Gasteiger partial charge is 0.315 e. The maximum atomic E-state index is 12.6. The van der Waals surface area contributed by atoms with Crippen LogP contribution in [0.25, 0.3) is 0 Å². The molecule has 1 saturated heterocycles. The molecule has 1 aromatic rings. The van der Waals surface area contributed by atoms with Crippen LogP contribution >= 0.6 is 12.4 Å². The quantitative estimate of drug-likeness (QED) is 0.902. The average Bonchev–Trinajstić information content (AvgIpc) is 2.84. The summed E-state index contributed by atoms with van der Waals surface area (Å²) in [5.41, 5.74) is 2.02. The molecule has 0 amide bonds. The Morgan fingerprint density at radius 2 is 2.05 bits per heavy atom. The fraction of sp³-hybridized carbons (Fsp3) is 0.538. The first-order chi connectivity index (χ1) is 8.69. The average molecular weight is 303 g/mol. The molecule has 0 aliphatic carbocycles. The SMILES string of the molecule is Cl.O=S(=O)(C1CCCNC1)N1CCc2ccccc21. The Labute approximate surface area is 120 Å². The fourth-order valence-corrected chi connectivity index (χ4v) is 4.78. The van der Waals surface area contributed by atoms with Gasteiger partial charge in [-0.1, -0.05) is 18.2 Å². The molecule has 1 atom stereocenters. The third-order valence-electron chi connectivity index (χ3n) is 3.82. The second kappa shape index (κ2) is 5.69. The van der Waals surface area contributed by atoms with Gasteiger partial charge in [-0.25, -0.2) is 8.42 Å². The monoisotopic (exact) mass is 302 g/mol. The number of anilines is 1. The normalized spacial score (nSPS) is 22.7. The van der Waals surface area contributed by atoms with Crippen molar-refractivity contribution < 1.29 is 8.42 Å². The van der Waals surface area contributed by atoms with Gasteiger partial charge in [-0.2, -0.15) is 0 Å². The van der Waals surface area contributed by atoms with E-state index in [1.807, 2.05) is 24.3 Å². The van der Waals surface area contributed by atoms with Gasteiger partial charge in [0.15, 0.2) is 0 Å². The van der Waals surface area contributed by atoms with Gasteiger partial charge < -0.3 is 5.32 Å². The lowest BCUT2D eigenvalue weighted by Crippen LogP contribution is -2.45. The topological polar surface area (TPSA) is 49.4 Å². The van der Waals surface area contributed by atoms with Crippen molar-refractivity contribution >= 4 is 28.1 Å². The minimum Gasteiger partial charge on any atom is -0.315 e. The highest BCUT2D eigenvalue weighted by molar-refractivity contribution is 7.93. The molecule has 1 unspecified atom stereocenters. The molecule has 0 bridgehead atoms. The Balaban J connectivity index is 0.00000133. The third-order valence-corrected chi connectivity index (χ3v) is 6.06. The van der Waals surface area contributed by atoms with Crippen molar-refractivity contribution in [2.45, 2.75) is 24.5 Å². The summed E-state index contributed by atoms with van der Waals surface area (Å²) in [5, 5.41) is 2.92. The van der Waals surface area contributed by atoms with Crippen molar-refractivity contribution in [2.75, 3.05) is 23.9 Å². The minimum absolute atomic E-state index is 0. The molecule has 1 fully saturated rings. The van der Waals surface area contributed by atoms with Crippen LogP contribution in [-0.4, -0.2) is 33.3 Å². The van der Waals surface area contributed by atoms with Crippen LogP contribution < -0.4 is 9.62 Å². The molecule has 4 nitrogen and oxygen atoms in total. The van der Waals surface area contributed by atoms with E-state index in [1.165, 1.54) is 0 Å². The van der Waals surface area contributed by atoms with E-state index >= 15 is 0 Å². The van der Waals surface area contributed by atoms with Crippen molar-refractivity contribution in [1.82, 2.24) is 5.32 Å². The maximum absolute atomic E-state index is 12.6. The number of nitrogens with one attached hydrogen (secondary N) is 1. The molecule has 6 heteroatoms. The summed E-state index contributed by atoms with van der Waals surface area (Å²) in [6.07, 6.45) is 2.54. The third kappa shape index (κ3) is 2.59. The zero-order valence-corrected chi connectivity index (χ0v) is 12.3. The molecule has 1 N–H and O–H groups in total. The zero-order valence-electron chi connectivity index (χ0n) is 10.7. The Morgan fingerprint density at radius 3 is 2.79 bits per heavy atom. The van der Waals surface area contributed by atoms with Crippen molar-refractivity contribution in [2.24, 2.45) is 0 Å². The van der Waals surface area contributed by atoms with Gasteiger partial charge in [0.05, 0.1) is 10.9 Å². The maximum Gasteiger partial charge on any atom is 0.239 e. The second-order valence-corrected chi connectivity index (χ2v) is 7.10. The standard InChI is InChI=1S/C13H18N2O2S.ClH/c16-18(17,12-5-3-8-14-10-12)15-9-7-11-4-1-2-6-13(11)15;/h1-2,4,6,12,14H,3,5,7-10H2;1H. The van der Waals surface area contributed by atoms with Crippen LogP contribution in [-0.2, 0) is 16.4 Å². The van der Waals surface area contributed by atoms with Crippen molar-refractivity contribution in [1.29, 1.82) is 0 Å². The molecule has 3 rings (SSSR count). The molecule has 106 valence electrons. The van der Waals surface area contributed by atoms with Crippen LogP contribution in [0.3, 0.4) is 0 Å². The van der Waals surface area contributed by atoms with Crippen LogP contribution in [0.4, 0.5) is 5.69 Å². The molecule has 2 heterocycles. The number of fused-ring (bicyclic) bond motifs is 1. The lowest BCUT2D eigenvalue weighted by atomic mass is 10.2. The first-order valence-electron chi connectivity index (χ1n) is 6.50. The van der Waals surface area contributed by atoms with Crippen LogP contribution in [0, 0.1) is 0 Å². The van der Waals surface area contributed by atoms with Crippen molar-refractivity contribution in [3.63, 3.8) is 0 Å². The van der Waals surface area contributed by atoms with Gasteiger partial charge in [-0.3, -0.25) is 4.31 Å². The molecular weight excluding hydrogens is 284 g/mol. The smallest absolute Gasteiger partial charge is 0.239 e. The Bertz CT molecular complexity index is 541. The lowest BCUT2D eigenvalue weighted by molar-refractivity contribution is 0.495. The van der Waals surface area contributed by atoms with E-state index in [0.717, 1.165) is 37.1 Å². The van der Waals surface area contributed by atoms with E-state index in [2.05, 4.69) is 5.32 Å². The summed E-state index contributed by atoms with van der Waals surface area (Å²) in [7, 11) is -3.20. The number of sulfonamides is 1. The van der Waals surface area contributed by atoms with E-state index in [4.69, 9.17) is 0 Å².